The van der Waals surface area contributed by atoms with Crippen LogP contribution in [-0.4, -0.2) is 58.4 Å². The first kappa shape index (κ1) is 17.3. The van der Waals surface area contributed by atoms with Gasteiger partial charge in [-0.15, -0.1) is 0 Å². The summed E-state index contributed by atoms with van der Waals surface area (Å²) in [6.45, 7) is 5.43. The maximum Gasteiger partial charge on any atom is 0.257 e. The van der Waals surface area contributed by atoms with Crippen molar-refractivity contribution in [2.45, 2.75) is 38.5 Å². The van der Waals surface area contributed by atoms with E-state index < -0.39 is 0 Å². The monoisotopic (exact) mass is 344 g/mol. The zero-order chi connectivity index (χ0) is 17.6. The summed E-state index contributed by atoms with van der Waals surface area (Å²) in [7, 11) is 1.75. The maximum absolute atomic E-state index is 5.72. The number of nitrogens with one attached hydrogen (secondary N) is 1. The summed E-state index contributed by atoms with van der Waals surface area (Å²) in [5.74, 6) is 2.08. The molecule has 0 amide bonds. The Hall–Kier alpha value is -2.48. The molecule has 1 fully saturated rings. The Morgan fingerprint density at radius 1 is 1.24 bits per heavy atom. The van der Waals surface area contributed by atoms with Crippen molar-refractivity contribution in [3.8, 4) is 5.88 Å². The van der Waals surface area contributed by atoms with Crippen molar-refractivity contribution in [3.05, 3.63) is 31.0 Å². The van der Waals surface area contributed by atoms with Crippen molar-refractivity contribution in [2.75, 3.05) is 30.4 Å². The minimum atomic E-state index is 0.0409. The van der Waals surface area contributed by atoms with Gasteiger partial charge in [-0.2, -0.15) is 0 Å². The van der Waals surface area contributed by atoms with Gasteiger partial charge in [-0.05, 0) is 26.3 Å². The van der Waals surface area contributed by atoms with E-state index >= 15 is 0 Å². The molecule has 0 saturated carbocycles. The lowest BCUT2D eigenvalue weighted by atomic mass is 10.2. The van der Waals surface area contributed by atoms with E-state index in [9.17, 15) is 0 Å². The highest BCUT2D eigenvalue weighted by molar-refractivity contribution is 5.46. The van der Waals surface area contributed by atoms with Gasteiger partial charge in [0.2, 0.25) is 0 Å². The van der Waals surface area contributed by atoms with Gasteiger partial charge in [-0.3, -0.25) is 0 Å². The van der Waals surface area contributed by atoms with Crippen LogP contribution in [0.25, 0.3) is 0 Å². The standard InChI is InChI=1S/C17H24N6O2/c1-12(2)25-17-16(19-6-7-20-17)21-9-13-8-14(24-3)10-23(13)15-4-5-18-11-22-15/h4-7,11-14H,8-10H2,1-3H3,(H,19,21)/t13-,14-/m1/s1. The molecule has 2 aromatic heterocycles. The molecule has 0 aromatic carbocycles. The van der Waals surface area contributed by atoms with Gasteiger partial charge >= 0.3 is 0 Å². The van der Waals surface area contributed by atoms with Gasteiger partial charge < -0.3 is 19.7 Å². The predicted molar refractivity (Wildman–Crippen MR) is 94.9 cm³/mol. The van der Waals surface area contributed by atoms with E-state index in [1.807, 2.05) is 19.9 Å². The lowest BCUT2D eigenvalue weighted by Crippen LogP contribution is -2.36. The van der Waals surface area contributed by atoms with Crippen LogP contribution in [0, 0.1) is 0 Å². The second kappa shape index (κ2) is 8.06. The molecule has 0 radical (unpaired) electrons. The highest BCUT2D eigenvalue weighted by Crippen LogP contribution is 2.26. The molecule has 0 spiro atoms. The van der Waals surface area contributed by atoms with Crippen molar-refractivity contribution >= 4 is 11.6 Å². The SMILES string of the molecule is CO[C@@H]1C[C@H](CNc2nccnc2OC(C)C)N(c2ccncn2)C1. The maximum atomic E-state index is 5.72. The number of hydrogen-bond acceptors (Lipinski definition) is 8. The van der Waals surface area contributed by atoms with Gasteiger partial charge in [0.1, 0.15) is 12.1 Å². The summed E-state index contributed by atoms with van der Waals surface area (Å²) in [5.41, 5.74) is 0. The van der Waals surface area contributed by atoms with Crippen LogP contribution in [-0.2, 0) is 4.74 Å². The smallest absolute Gasteiger partial charge is 0.257 e. The Morgan fingerprint density at radius 3 is 2.80 bits per heavy atom. The molecule has 2 aromatic rings. The molecule has 1 aliphatic heterocycles. The Morgan fingerprint density at radius 2 is 2.08 bits per heavy atom. The van der Waals surface area contributed by atoms with Crippen LogP contribution in [0.3, 0.4) is 0 Å². The van der Waals surface area contributed by atoms with E-state index in [1.165, 1.54) is 0 Å². The molecule has 1 N–H and O–H groups in total. The van der Waals surface area contributed by atoms with Crippen LogP contribution < -0.4 is 15.0 Å². The number of hydrogen-bond donors (Lipinski definition) is 1. The summed E-state index contributed by atoms with van der Waals surface area (Å²) < 4.78 is 11.3. The highest BCUT2D eigenvalue weighted by atomic mass is 16.5. The first-order valence-electron chi connectivity index (χ1n) is 8.44. The molecular weight excluding hydrogens is 320 g/mol. The third-order valence-corrected chi connectivity index (χ3v) is 4.09. The third-order valence-electron chi connectivity index (χ3n) is 4.09. The van der Waals surface area contributed by atoms with E-state index in [1.54, 1.807) is 32.0 Å². The van der Waals surface area contributed by atoms with Gasteiger partial charge in [0.15, 0.2) is 5.82 Å². The lowest BCUT2D eigenvalue weighted by molar-refractivity contribution is 0.118. The average Bonchev–Trinajstić information content (AvgIpc) is 3.05. The molecule has 8 heteroatoms. The number of nitrogens with zero attached hydrogens (tertiary/aromatic N) is 5. The summed E-state index contributed by atoms with van der Waals surface area (Å²) >= 11 is 0. The fraction of sp³-hybridized carbons (Fsp3) is 0.529. The topological polar surface area (TPSA) is 85.3 Å². The van der Waals surface area contributed by atoms with Crippen molar-refractivity contribution < 1.29 is 9.47 Å². The quantitative estimate of drug-likeness (QED) is 0.813. The number of anilines is 2. The first-order valence-corrected chi connectivity index (χ1v) is 8.44. The van der Waals surface area contributed by atoms with Gasteiger partial charge in [-0.25, -0.2) is 19.9 Å². The fourth-order valence-electron chi connectivity index (χ4n) is 2.94. The average molecular weight is 344 g/mol. The predicted octanol–water partition coefficient (Wildman–Crippen LogP) is 1.76. The molecule has 25 heavy (non-hydrogen) atoms. The molecule has 0 aliphatic carbocycles. The van der Waals surface area contributed by atoms with E-state index in [0.29, 0.717) is 18.2 Å². The summed E-state index contributed by atoms with van der Waals surface area (Å²) in [4.78, 5) is 19.2. The van der Waals surface area contributed by atoms with Crippen molar-refractivity contribution in [1.82, 2.24) is 19.9 Å². The van der Waals surface area contributed by atoms with Crippen molar-refractivity contribution in [2.24, 2.45) is 0 Å². The van der Waals surface area contributed by atoms with E-state index in [2.05, 4.69) is 30.2 Å². The lowest BCUT2D eigenvalue weighted by Gasteiger charge is -2.25. The zero-order valence-electron chi connectivity index (χ0n) is 14.8. The summed E-state index contributed by atoms with van der Waals surface area (Å²) in [6, 6.07) is 2.15. The van der Waals surface area contributed by atoms with E-state index in [-0.39, 0.29) is 18.2 Å². The molecule has 134 valence electrons. The van der Waals surface area contributed by atoms with E-state index in [0.717, 1.165) is 18.8 Å². The fourth-order valence-corrected chi connectivity index (χ4v) is 2.94. The first-order chi connectivity index (χ1) is 12.2. The largest absolute Gasteiger partial charge is 0.472 e. The van der Waals surface area contributed by atoms with Crippen LogP contribution in [0.1, 0.15) is 20.3 Å². The van der Waals surface area contributed by atoms with Crippen LogP contribution in [0.15, 0.2) is 31.0 Å². The van der Waals surface area contributed by atoms with Gasteiger partial charge in [0.25, 0.3) is 5.88 Å². The molecule has 2 atom stereocenters. The molecule has 3 rings (SSSR count). The Labute approximate surface area is 147 Å². The van der Waals surface area contributed by atoms with Crippen molar-refractivity contribution in [3.63, 3.8) is 0 Å². The van der Waals surface area contributed by atoms with E-state index in [4.69, 9.17) is 9.47 Å². The minimum Gasteiger partial charge on any atom is -0.472 e. The summed E-state index contributed by atoms with van der Waals surface area (Å²) in [6.07, 6.45) is 7.74. The molecule has 8 nitrogen and oxygen atoms in total. The number of methoxy groups -OCH3 is 1. The van der Waals surface area contributed by atoms with Crippen LogP contribution in [0.5, 0.6) is 5.88 Å². The molecule has 3 heterocycles. The number of ether oxygens (including phenoxy) is 2. The second-order valence-electron chi connectivity index (χ2n) is 6.22. The number of rotatable bonds is 7. The Bertz CT molecular complexity index is 669. The third kappa shape index (κ3) is 4.33. The second-order valence-corrected chi connectivity index (χ2v) is 6.22. The molecular formula is C17H24N6O2. The van der Waals surface area contributed by atoms with Gasteiger partial charge in [-0.1, -0.05) is 0 Å². The number of aromatic nitrogens is 4. The normalized spacial score (nSPS) is 20.1. The van der Waals surface area contributed by atoms with Crippen LogP contribution >= 0.6 is 0 Å². The molecule has 0 bridgehead atoms. The molecule has 1 saturated heterocycles. The Kier molecular flexibility index (Phi) is 5.60. The van der Waals surface area contributed by atoms with Crippen LogP contribution in [0.4, 0.5) is 11.6 Å². The van der Waals surface area contributed by atoms with Crippen molar-refractivity contribution in [1.29, 1.82) is 0 Å². The van der Waals surface area contributed by atoms with Gasteiger partial charge in [0, 0.05) is 38.8 Å². The van der Waals surface area contributed by atoms with Crippen LogP contribution in [0.2, 0.25) is 0 Å². The summed E-state index contributed by atoms with van der Waals surface area (Å²) in [5, 5.41) is 3.37. The molecule has 1 aliphatic rings. The Balaban J connectivity index is 1.71. The molecule has 0 unspecified atom stereocenters. The highest BCUT2D eigenvalue weighted by Gasteiger charge is 2.33. The minimum absolute atomic E-state index is 0.0409. The van der Waals surface area contributed by atoms with Gasteiger partial charge in [0.05, 0.1) is 18.2 Å². The zero-order valence-corrected chi connectivity index (χ0v) is 14.8.